The second kappa shape index (κ2) is 3.97. The SMILES string of the molecule is CCNCC(C)CC1CC1. The van der Waals surface area contributed by atoms with Gasteiger partial charge >= 0.3 is 0 Å². The topological polar surface area (TPSA) is 12.0 Å². The number of rotatable bonds is 5. The van der Waals surface area contributed by atoms with Gasteiger partial charge in [-0.1, -0.05) is 26.7 Å². The van der Waals surface area contributed by atoms with Crippen LogP contribution in [-0.2, 0) is 0 Å². The van der Waals surface area contributed by atoms with Crippen LogP contribution < -0.4 is 5.32 Å². The van der Waals surface area contributed by atoms with Gasteiger partial charge in [0.05, 0.1) is 0 Å². The van der Waals surface area contributed by atoms with Gasteiger partial charge in [-0.3, -0.25) is 0 Å². The Labute approximate surface area is 64.2 Å². The normalized spacial score (nSPS) is 21.0. The van der Waals surface area contributed by atoms with Crippen molar-refractivity contribution in [2.24, 2.45) is 11.8 Å². The molecular weight excluding hydrogens is 122 g/mol. The molecule has 0 aromatic carbocycles. The molecule has 1 N–H and O–H groups in total. The zero-order valence-electron chi connectivity index (χ0n) is 7.19. The molecule has 0 saturated heterocycles. The van der Waals surface area contributed by atoms with Gasteiger partial charge in [-0.05, 0) is 31.3 Å². The largest absolute Gasteiger partial charge is 0.317 e. The van der Waals surface area contributed by atoms with E-state index in [-0.39, 0.29) is 0 Å². The van der Waals surface area contributed by atoms with E-state index >= 15 is 0 Å². The summed E-state index contributed by atoms with van der Waals surface area (Å²) < 4.78 is 0. The van der Waals surface area contributed by atoms with Gasteiger partial charge in [0, 0.05) is 0 Å². The van der Waals surface area contributed by atoms with Crippen molar-refractivity contribution in [2.45, 2.75) is 33.1 Å². The monoisotopic (exact) mass is 141 g/mol. The van der Waals surface area contributed by atoms with Gasteiger partial charge in [0.15, 0.2) is 0 Å². The van der Waals surface area contributed by atoms with Crippen molar-refractivity contribution in [1.29, 1.82) is 0 Å². The van der Waals surface area contributed by atoms with E-state index in [1.165, 1.54) is 25.8 Å². The van der Waals surface area contributed by atoms with Crippen LogP contribution in [0.2, 0.25) is 0 Å². The van der Waals surface area contributed by atoms with Crippen LogP contribution in [0.15, 0.2) is 0 Å². The van der Waals surface area contributed by atoms with Crippen LogP contribution in [0.1, 0.15) is 33.1 Å². The molecule has 10 heavy (non-hydrogen) atoms. The third-order valence-corrected chi connectivity index (χ3v) is 2.18. The second-order valence-corrected chi connectivity index (χ2v) is 3.59. The summed E-state index contributed by atoms with van der Waals surface area (Å²) in [5.74, 6) is 1.99. The fraction of sp³-hybridized carbons (Fsp3) is 1.00. The molecule has 1 rings (SSSR count). The van der Waals surface area contributed by atoms with E-state index < -0.39 is 0 Å². The average molecular weight is 141 g/mol. The first kappa shape index (κ1) is 8.06. The van der Waals surface area contributed by atoms with Crippen molar-refractivity contribution < 1.29 is 0 Å². The Kier molecular flexibility index (Phi) is 3.20. The summed E-state index contributed by atoms with van der Waals surface area (Å²) in [5.41, 5.74) is 0. The lowest BCUT2D eigenvalue weighted by Crippen LogP contribution is -2.20. The lowest BCUT2D eigenvalue weighted by atomic mass is 10.1. The minimum atomic E-state index is 0.896. The molecule has 1 aliphatic rings. The third-order valence-electron chi connectivity index (χ3n) is 2.18. The second-order valence-electron chi connectivity index (χ2n) is 3.59. The zero-order valence-corrected chi connectivity index (χ0v) is 7.19. The summed E-state index contributed by atoms with van der Waals surface area (Å²) in [6.07, 6.45) is 4.44. The molecular formula is C9H19N. The summed E-state index contributed by atoms with van der Waals surface area (Å²) in [6, 6.07) is 0. The molecule has 0 bridgehead atoms. The zero-order chi connectivity index (χ0) is 7.40. The highest BCUT2D eigenvalue weighted by atomic mass is 14.8. The lowest BCUT2D eigenvalue weighted by Gasteiger charge is -2.09. The van der Waals surface area contributed by atoms with Crippen molar-refractivity contribution in [3.8, 4) is 0 Å². The molecule has 0 radical (unpaired) electrons. The highest BCUT2D eigenvalue weighted by Gasteiger charge is 2.22. The average Bonchev–Trinajstić information content (AvgIpc) is 2.67. The number of hydrogen-bond donors (Lipinski definition) is 1. The van der Waals surface area contributed by atoms with Crippen LogP contribution in [0.5, 0.6) is 0 Å². The van der Waals surface area contributed by atoms with Gasteiger partial charge in [0.1, 0.15) is 0 Å². The first-order chi connectivity index (χ1) is 4.83. The summed E-state index contributed by atoms with van der Waals surface area (Å²) >= 11 is 0. The molecule has 0 aromatic heterocycles. The number of hydrogen-bond acceptors (Lipinski definition) is 1. The Morgan fingerprint density at radius 3 is 2.70 bits per heavy atom. The molecule has 0 spiro atoms. The van der Waals surface area contributed by atoms with Gasteiger partial charge in [0.25, 0.3) is 0 Å². The Bertz CT molecular complexity index is 86.7. The molecule has 0 heterocycles. The summed E-state index contributed by atoms with van der Waals surface area (Å²) in [7, 11) is 0. The van der Waals surface area contributed by atoms with E-state index in [0.29, 0.717) is 0 Å². The van der Waals surface area contributed by atoms with Gasteiger partial charge in [0.2, 0.25) is 0 Å². The summed E-state index contributed by atoms with van der Waals surface area (Å²) in [6.45, 7) is 6.85. The number of nitrogens with one attached hydrogen (secondary N) is 1. The molecule has 0 aliphatic heterocycles. The predicted octanol–water partition coefficient (Wildman–Crippen LogP) is 2.03. The fourth-order valence-electron chi connectivity index (χ4n) is 1.40. The van der Waals surface area contributed by atoms with Crippen LogP contribution in [0, 0.1) is 11.8 Å². The Hall–Kier alpha value is -0.0400. The van der Waals surface area contributed by atoms with Crippen molar-refractivity contribution in [1.82, 2.24) is 5.32 Å². The van der Waals surface area contributed by atoms with Crippen molar-refractivity contribution >= 4 is 0 Å². The van der Waals surface area contributed by atoms with Gasteiger partial charge in [-0.15, -0.1) is 0 Å². The summed E-state index contributed by atoms with van der Waals surface area (Å²) in [5, 5.41) is 3.38. The first-order valence-corrected chi connectivity index (χ1v) is 4.53. The predicted molar refractivity (Wildman–Crippen MR) is 45.0 cm³/mol. The van der Waals surface area contributed by atoms with Crippen LogP contribution in [0.3, 0.4) is 0 Å². The van der Waals surface area contributed by atoms with Crippen LogP contribution in [0.25, 0.3) is 0 Å². The molecule has 1 atom stereocenters. The van der Waals surface area contributed by atoms with Gasteiger partial charge in [-0.25, -0.2) is 0 Å². The van der Waals surface area contributed by atoms with Crippen LogP contribution in [-0.4, -0.2) is 13.1 Å². The Morgan fingerprint density at radius 2 is 2.20 bits per heavy atom. The van der Waals surface area contributed by atoms with E-state index in [2.05, 4.69) is 19.2 Å². The molecule has 0 amide bonds. The van der Waals surface area contributed by atoms with Gasteiger partial charge in [-0.2, -0.15) is 0 Å². The van der Waals surface area contributed by atoms with E-state index in [0.717, 1.165) is 18.4 Å². The molecule has 1 saturated carbocycles. The Morgan fingerprint density at radius 1 is 1.50 bits per heavy atom. The van der Waals surface area contributed by atoms with Crippen LogP contribution in [0.4, 0.5) is 0 Å². The Balaban J connectivity index is 1.91. The lowest BCUT2D eigenvalue weighted by molar-refractivity contribution is 0.462. The maximum Gasteiger partial charge on any atom is -0.00232 e. The smallest absolute Gasteiger partial charge is 0.00232 e. The third kappa shape index (κ3) is 3.21. The van der Waals surface area contributed by atoms with Crippen molar-refractivity contribution in [3.63, 3.8) is 0 Å². The minimum Gasteiger partial charge on any atom is -0.317 e. The maximum atomic E-state index is 3.38. The molecule has 60 valence electrons. The quantitative estimate of drug-likeness (QED) is 0.617. The highest BCUT2D eigenvalue weighted by Crippen LogP contribution is 2.34. The molecule has 0 aromatic rings. The van der Waals surface area contributed by atoms with Gasteiger partial charge < -0.3 is 5.32 Å². The van der Waals surface area contributed by atoms with Crippen LogP contribution >= 0.6 is 0 Å². The van der Waals surface area contributed by atoms with E-state index in [1.807, 2.05) is 0 Å². The standard InChI is InChI=1S/C9H19N/c1-3-10-7-8(2)6-9-4-5-9/h8-10H,3-7H2,1-2H3. The minimum absolute atomic E-state index is 0.896. The van der Waals surface area contributed by atoms with E-state index in [4.69, 9.17) is 0 Å². The van der Waals surface area contributed by atoms with E-state index in [1.54, 1.807) is 0 Å². The van der Waals surface area contributed by atoms with E-state index in [9.17, 15) is 0 Å². The summed E-state index contributed by atoms with van der Waals surface area (Å²) in [4.78, 5) is 0. The highest BCUT2D eigenvalue weighted by molar-refractivity contribution is 4.75. The molecule has 1 fully saturated rings. The molecule has 1 heteroatoms. The van der Waals surface area contributed by atoms with Crippen molar-refractivity contribution in [3.05, 3.63) is 0 Å². The molecule has 1 unspecified atom stereocenters. The maximum absolute atomic E-state index is 3.38. The first-order valence-electron chi connectivity index (χ1n) is 4.53. The molecule has 1 nitrogen and oxygen atoms in total. The fourth-order valence-corrected chi connectivity index (χ4v) is 1.40. The van der Waals surface area contributed by atoms with Crippen molar-refractivity contribution in [2.75, 3.05) is 13.1 Å². The molecule has 1 aliphatic carbocycles.